The third kappa shape index (κ3) is 4.37. The van der Waals surface area contributed by atoms with Crippen LogP contribution in [0, 0.1) is 11.8 Å². The molecule has 1 heterocycles. The maximum atomic E-state index is 13.3. The SMILES string of the molecule is COCC(C)(NC(=O)OCC1c2ccccc2-c2ccccc21)C(=O)N1C[C@H](C(=O)O)[C@@H](C)C1. The second-order valence-electron chi connectivity index (χ2n) is 9.35. The summed E-state index contributed by atoms with van der Waals surface area (Å²) in [7, 11) is 1.44. The molecule has 0 bridgehead atoms. The summed E-state index contributed by atoms with van der Waals surface area (Å²) < 4.78 is 10.8. The van der Waals surface area contributed by atoms with Gasteiger partial charge >= 0.3 is 12.1 Å². The number of ether oxygens (including phenoxy) is 2. The predicted molar refractivity (Wildman–Crippen MR) is 125 cm³/mol. The van der Waals surface area contributed by atoms with Crippen molar-refractivity contribution >= 4 is 18.0 Å². The lowest BCUT2D eigenvalue weighted by Gasteiger charge is -2.32. The minimum atomic E-state index is -1.38. The van der Waals surface area contributed by atoms with Crippen molar-refractivity contribution in [2.45, 2.75) is 25.3 Å². The van der Waals surface area contributed by atoms with Gasteiger partial charge in [0.1, 0.15) is 12.1 Å². The van der Waals surface area contributed by atoms with Crippen LogP contribution in [0.1, 0.15) is 30.9 Å². The summed E-state index contributed by atoms with van der Waals surface area (Å²) in [5.41, 5.74) is 3.06. The number of nitrogens with one attached hydrogen (secondary N) is 1. The standard InChI is InChI=1S/C26H30N2O6/c1-16-12-28(13-21(16)23(29)30)24(31)26(2,15-33-3)27-25(32)34-14-22-19-10-6-4-8-17(19)18-9-5-7-11-20(18)22/h4-11,16,21-22H,12-15H2,1-3H3,(H,27,32)(H,29,30)/t16-,21-,26?/m0/s1. The molecule has 8 nitrogen and oxygen atoms in total. The van der Waals surface area contributed by atoms with Crippen molar-refractivity contribution in [3.63, 3.8) is 0 Å². The van der Waals surface area contributed by atoms with Crippen molar-refractivity contribution in [1.29, 1.82) is 0 Å². The van der Waals surface area contributed by atoms with Crippen LogP contribution in [-0.4, -0.2) is 66.9 Å². The van der Waals surface area contributed by atoms with Crippen LogP contribution in [0.4, 0.5) is 4.79 Å². The van der Waals surface area contributed by atoms with Crippen molar-refractivity contribution in [2.75, 3.05) is 33.4 Å². The van der Waals surface area contributed by atoms with Gasteiger partial charge in [-0.05, 0) is 35.1 Å². The lowest BCUT2D eigenvalue weighted by Crippen LogP contribution is -2.60. The average molecular weight is 467 g/mol. The fourth-order valence-corrected chi connectivity index (χ4v) is 5.10. The minimum Gasteiger partial charge on any atom is -0.481 e. The van der Waals surface area contributed by atoms with Gasteiger partial charge in [-0.2, -0.15) is 0 Å². The number of carboxylic acids is 1. The first-order valence-corrected chi connectivity index (χ1v) is 11.4. The minimum absolute atomic E-state index is 0.0708. The number of fused-ring (bicyclic) bond motifs is 3. The molecule has 2 amide bonds. The first-order chi connectivity index (χ1) is 16.2. The monoisotopic (exact) mass is 466 g/mol. The van der Waals surface area contributed by atoms with Gasteiger partial charge in [-0.25, -0.2) is 4.79 Å². The Balaban J connectivity index is 1.45. The van der Waals surface area contributed by atoms with E-state index in [1.165, 1.54) is 12.0 Å². The Morgan fingerprint density at radius 2 is 1.65 bits per heavy atom. The molecular formula is C26H30N2O6. The largest absolute Gasteiger partial charge is 0.481 e. The smallest absolute Gasteiger partial charge is 0.408 e. The lowest BCUT2D eigenvalue weighted by molar-refractivity contribution is -0.143. The summed E-state index contributed by atoms with van der Waals surface area (Å²) in [5.74, 6) is -2.23. The number of benzene rings is 2. The highest BCUT2D eigenvalue weighted by Crippen LogP contribution is 2.44. The van der Waals surface area contributed by atoms with Gasteiger partial charge in [-0.15, -0.1) is 0 Å². The molecular weight excluding hydrogens is 436 g/mol. The molecule has 2 aromatic rings. The van der Waals surface area contributed by atoms with E-state index in [1.54, 1.807) is 13.8 Å². The summed E-state index contributed by atoms with van der Waals surface area (Å²) >= 11 is 0. The second-order valence-corrected chi connectivity index (χ2v) is 9.35. The number of alkyl carbamates (subject to hydrolysis) is 1. The van der Waals surface area contributed by atoms with Crippen LogP contribution in [0.5, 0.6) is 0 Å². The average Bonchev–Trinajstić information content (AvgIpc) is 3.35. The highest BCUT2D eigenvalue weighted by Gasteiger charge is 2.45. The zero-order valence-corrected chi connectivity index (χ0v) is 19.6. The fourth-order valence-electron chi connectivity index (χ4n) is 5.10. The number of carbonyl (C=O) groups is 3. The maximum Gasteiger partial charge on any atom is 0.408 e. The first kappa shape index (κ1) is 23.8. The summed E-state index contributed by atoms with van der Waals surface area (Å²) in [5, 5.41) is 12.1. The number of carboxylic acid groups (broad SMARTS) is 1. The molecule has 1 saturated heterocycles. The molecule has 2 N–H and O–H groups in total. The van der Waals surface area contributed by atoms with Gasteiger partial charge in [0, 0.05) is 26.1 Å². The number of likely N-dealkylation sites (tertiary alicyclic amines) is 1. The number of hydrogen-bond donors (Lipinski definition) is 2. The molecule has 0 aromatic heterocycles. The van der Waals surface area contributed by atoms with E-state index in [4.69, 9.17) is 9.47 Å². The van der Waals surface area contributed by atoms with Crippen LogP contribution >= 0.6 is 0 Å². The number of nitrogens with zero attached hydrogens (tertiary/aromatic N) is 1. The molecule has 2 aromatic carbocycles. The highest BCUT2D eigenvalue weighted by atomic mass is 16.5. The number of hydrogen-bond acceptors (Lipinski definition) is 5. The molecule has 0 saturated carbocycles. The third-order valence-corrected chi connectivity index (χ3v) is 6.84. The molecule has 34 heavy (non-hydrogen) atoms. The first-order valence-electron chi connectivity index (χ1n) is 11.4. The Morgan fingerprint density at radius 1 is 1.06 bits per heavy atom. The Bertz CT molecular complexity index is 1060. The van der Waals surface area contributed by atoms with E-state index in [2.05, 4.69) is 17.4 Å². The van der Waals surface area contributed by atoms with Crippen molar-refractivity contribution in [2.24, 2.45) is 11.8 Å². The van der Waals surface area contributed by atoms with E-state index in [-0.39, 0.29) is 31.6 Å². The third-order valence-electron chi connectivity index (χ3n) is 6.84. The Labute approximate surface area is 198 Å². The molecule has 2 aliphatic rings. The highest BCUT2D eigenvalue weighted by molar-refractivity contribution is 5.90. The molecule has 3 atom stereocenters. The zero-order chi connectivity index (χ0) is 24.5. The quantitative estimate of drug-likeness (QED) is 0.650. The summed E-state index contributed by atoms with van der Waals surface area (Å²) in [6.07, 6.45) is -0.725. The Morgan fingerprint density at radius 3 is 2.18 bits per heavy atom. The molecule has 1 unspecified atom stereocenters. The summed E-state index contributed by atoms with van der Waals surface area (Å²) in [6, 6.07) is 16.1. The number of carbonyl (C=O) groups excluding carboxylic acids is 2. The summed E-state index contributed by atoms with van der Waals surface area (Å²) in [6.45, 7) is 3.83. The van der Waals surface area contributed by atoms with Gasteiger partial charge < -0.3 is 24.8 Å². The van der Waals surface area contributed by atoms with Gasteiger partial charge in [0.25, 0.3) is 5.91 Å². The van der Waals surface area contributed by atoms with Crippen LogP contribution < -0.4 is 5.32 Å². The van der Waals surface area contributed by atoms with Gasteiger partial charge in [0.05, 0.1) is 12.5 Å². The molecule has 0 spiro atoms. The van der Waals surface area contributed by atoms with Gasteiger partial charge in [-0.1, -0.05) is 55.5 Å². The molecule has 8 heteroatoms. The van der Waals surface area contributed by atoms with Crippen LogP contribution in [0.3, 0.4) is 0 Å². The van der Waals surface area contributed by atoms with Crippen molar-refractivity contribution in [1.82, 2.24) is 10.2 Å². The topological polar surface area (TPSA) is 105 Å². The molecule has 1 aliphatic carbocycles. The fraction of sp³-hybridized carbons (Fsp3) is 0.423. The van der Waals surface area contributed by atoms with Gasteiger partial charge in [-0.3, -0.25) is 9.59 Å². The van der Waals surface area contributed by atoms with E-state index in [9.17, 15) is 19.5 Å². The normalized spacial score (nSPS) is 20.9. The molecule has 180 valence electrons. The molecule has 1 fully saturated rings. The summed E-state index contributed by atoms with van der Waals surface area (Å²) in [4.78, 5) is 39.0. The van der Waals surface area contributed by atoms with E-state index in [1.807, 2.05) is 36.4 Å². The number of methoxy groups -OCH3 is 1. The van der Waals surface area contributed by atoms with Crippen molar-refractivity contribution in [3.8, 4) is 11.1 Å². The molecule has 0 radical (unpaired) electrons. The van der Waals surface area contributed by atoms with Crippen molar-refractivity contribution in [3.05, 3.63) is 59.7 Å². The second kappa shape index (κ2) is 9.46. The van der Waals surface area contributed by atoms with Crippen LogP contribution in [0.25, 0.3) is 11.1 Å². The zero-order valence-electron chi connectivity index (χ0n) is 19.6. The van der Waals surface area contributed by atoms with Crippen LogP contribution in [0.2, 0.25) is 0 Å². The maximum absolute atomic E-state index is 13.3. The van der Waals surface area contributed by atoms with Gasteiger partial charge in [0.15, 0.2) is 0 Å². The lowest BCUT2D eigenvalue weighted by atomic mass is 9.98. The van der Waals surface area contributed by atoms with E-state index in [0.29, 0.717) is 6.54 Å². The molecule has 4 rings (SSSR count). The predicted octanol–water partition coefficient (Wildman–Crippen LogP) is 3.11. The Hall–Kier alpha value is -3.39. The Kier molecular flexibility index (Phi) is 6.61. The number of aliphatic carboxylic acids is 1. The number of amides is 2. The molecule has 1 aliphatic heterocycles. The van der Waals surface area contributed by atoms with E-state index < -0.39 is 29.4 Å². The van der Waals surface area contributed by atoms with E-state index >= 15 is 0 Å². The van der Waals surface area contributed by atoms with Gasteiger partial charge in [0.2, 0.25) is 0 Å². The van der Waals surface area contributed by atoms with E-state index in [0.717, 1.165) is 22.3 Å². The van der Waals surface area contributed by atoms with Crippen molar-refractivity contribution < 1.29 is 29.0 Å². The number of rotatable bonds is 7. The van der Waals surface area contributed by atoms with Crippen LogP contribution in [0.15, 0.2) is 48.5 Å². The van der Waals surface area contributed by atoms with Crippen LogP contribution in [-0.2, 0) is 19.1 Å².